The van der Waals surface area contributed by atoms with E-state index in [0.29, 0.717) is 33.4 Å². The van der Waals surface area contributed by atoms with Crippen molar-refractivity contribution in [2.75, 3.05) is 0 Å². The summed E-state index contributed by atoms with van der Waals surface area (Å²) in [6.45, 7) is 16.5. The molecule has 0 amide bonds. The molecule has 0 fully saturated rings. The van der Waals surface area contributed by atoms with E-state index in [-0.39, 0.29) is 5.43 Å². The molecule has 3 heterocycles. The van der Waals surface area contributed by atoms with Gasteiger partial charge in [0.05, 0.1) is 10.9 Å². The van der Waals surface area contributed by atoms with Crippen molar-refractivity contribution in [3.8, 4) is 0 Å². The molecule has 41 heavy (non-hydrogen) atoms. The van der Waals surface area contributed by atoms with Gasteiger partial charge in [0.25, 0.3) is 0 Å². The average molecular weight is 535 g/mol. The molecule has 3 aromatic heterocycles. The van der Waals surface area contributed by atoms with E-state index in [4.69, 9.17) is 13.3 Å². The lowest BCUT2D eigenvalue weighted by Gasteiger charge is -2.13. The van der Waals surface area contributed by atoms with Crippen molar-refractivity contribution in [1.82, 2.24) is 0 Å². The minimum absolute atomic E-state index is 0.144. The molecule has 4 heteroatoms. The van der Waals surface area contributed by atoms with Crippen LogP contribution in [-0.2, 0) is 6.42 Å². The zero-order chi connectivity index (χ0) is 28.2. The predicted octanol–water partition coefficient (Wildman–Crippen LogP) is 9.79. The monoisotopic (exact) mass is 534 g/mol. The first-order valence-corrected chi connectivity index (χ1v) is 13.4. The van der Waals surface area contributed by atoms with Crippen molar-refractivity contribution >= 4 is 61.6 Å². The summed E-state index contributed by atoms with van der Waals surface area (Å²) >= 11 is 0. The number of allylic oxidation sites excluding steroid dienone is 6. The highest BCUT2D eigenvalue weighted by Gasteiger charge is 2.22. The highest BCUT2D eigenvalue weighted by molar-refractivity contribution is 6.14. The number of hydrogen-bond acceptors (Lipinski definition) is 4. The number of rotatable bonds is 6. The maximum Gasteiger partial charge on any atom is 0.200 e. The molecule has 4 nitrogen and oxygen atoms in total. The lowest BCUT2D eigenvalue weighted by Crippen LogP contribution is -2.09. The SMILES string of the molecule is C=Cc1c(C(=C)C(=C)/C=C\C(=C)C2=Cc3c(oc4c3ccc3c5ccccc5oc34)CC2)oc2ccccc2c1=O. The normalized spacial score (nSPS) is 13.2. The van der Waals surface area contributed by atoms with E-state index in [1.165, 1.54) is 6.08 Å². The molecule has 0 saturated heterocycles. The third kappa shape index (κ3) is 3.87. The van der Waals surface area contributed by atoms with Crippen LogP contribution in [0.4, 0.5) is 0 Å². The standard InChI is InChI=1S/C37H26O4/c1-5-25-34(38)29-11-7-9-13-32(29)39-35(25)23(4)21(2)14-15-22(3)24-16-19-33-30(20-24)28-18-17-27-26-10-6-8-12-31(26)40-36(27)37(28)41-33/h5-15,17-18,20H,1-4,16,19H2/b15-14-. The van der Waals surface area contributed by atoms with E-state index in [1.54, 1.807) is 12.1 Å². The summed E-state index contributed by atoms with van der Waals surface area (Å²) in [5, 5.41) is 3.67. The lowest BCUT2D eigenvalue weighted by molar-refractivity contribution is 0.538. The Morgan fingerprint density at radius 3 is 2.20 bits per heavy atom. The van der Waals surface area contributed by atoms with Crippen molar-refractivity contribution in [3.63, 3.8) is 0 Å². The summed E-state index contributed by atoms with van der Waals surface area (Å²) in [5.74, 6) is 1.32. The van der Waals surface area contributed by atoms with Gasteiger partial charge in [-0.3, -0.25) is 4.79 Å². The second-order valence-corrected chi connectivity index (χ2v) is 10.3. The maximum atomic E-state index is 13.0. The first kappa shape index (κ1) is 24.7. The second kappa shape index (κ2) is 9.39. The Morgan fingerprint density at radius 1 is 0.732 bits per heavy atom. The van der Waals surface area contributed by atoms with Crippen LogP contribution in [0.2, 0.25) is 0 Å². The number of benzene rings is 3. The van der Waals surface area contributed by atoms with Crippen molar-refractivity contribution in [2.24, 2.45) is 0 Å². The highest BCUT2D eigenvalue weighted by Crippen LogP contribution is 2.41. The largest absolute Gasteiger partial charge is 0.456 e. The fourth-order valence-electron chi connectivity index (χ4n) is 5.62. The van der Waals surface area contributed by atoms with Crippen LogP contribution in [0.1, 0.15) is 29.1 Å². The molecular weight excluding hydrogens is 508 g/mol. The molecule has 1 aliphatic rings. The van der Waals surface area contributed by atoms with Crippen LogP contribution < -0.4 is 5.43 Å². The number of hydrogen-bond donors (Lipinski definition) is 0. The van der Waals surface area contributed by atoms with Crippen LogP contribution in [0, 0.1) is 0 Å². The van der Waals surface area contributed by atoms with Crippen molar-refractivity contribution < 1.29 is 13.3 Å². The fourth-order valence-corrected chi connectivity index (χ4v) is 5.62. The maximum absolute atomic E-state index is 13.0. The number of furan rings is 2. The zero-order valence-electron chi connectivity index (χ0n) is 22.5. The van der Waals surface area contributed by atoms with Gasteiger partial charge in [0.2, 0.25) is 5.43 Å². The third-order valence-electron chi connectivity index (χ3n) is 7.85. The quantitative estimate of drug-likeness (QED) is 0.200. The first-order chi connectivity index (χ1) is 19.9. The highest BCUT2D eigenvalue weighted by atomic mass is 16.4. The van der Waals surface area contributed by atoms with Crippen molar-refractivity contribution in [3.05, 3.63) is 149 Å². The summed E-state index contributed by atoms with van der Waals surface area (Å²) in [6.07, 6.45) is 9.01. The Bertz CT molecular complexity index is 2240. The summed E-state index contributed by atoms with van der Waals surface area (Å²) in [7, 11) is 0. The smallest absolute Gasteiger partial charge is 0.200 e. The zero-order valence-corrected chi connectivity index (χ0v) is 22.5. The summed E-state index contributed by atoms with van der Waals surface area (Å²) in [5.41, 5.74) is 7.31. The van der Waals surface area contributed by atoms with Gasteiger partial charge >= 0.3 is 0 Å². The number of para-hydroxylation sites is 2. The molecule has 198 valence electrons. The Labute approximate surface area is 236 Å². The number of fused-ring (bicyclic) bond motifs is 8. The van der Waals surface area contributed by atoms with Gasteiger partial charge < -0.3 is 13.3 Å². The van der Waals surface area contributed by atoms with Gasteiger partial charge in [-0.25, -0.2) is 0 Å². The van der Waals surface area contributed by atoms with Gasteiger partial charge in [-0.1, -0.05) is 74.9 Å². The summed E-state index contributed by atoms with van der Waals surface area (Å²) in [4.78, 5) is 13.0. The van der Waals surface area contributed by atoms with Crippen LogP contribution in [0.25, 0.3) is 61.6 Å². The number of aryl methyl sites for hydroxylation is 1. The van der Waals surface area contributed by atoms with Gasteiger partial charge in [0.15, 0.2) is 11.2 Å². The van der Waals surface area contributed by atoms with Crippen LogP contribution in [0.15, 0.2) is 134 Å². The van der Waals surface area contributed by atoms with E-state index >= 15 is 0 Å². The van der Waals surface area contributed by atoms with Crippen LogP contribution in [0.3, 0.4) is 0 Å². The molecule has 7 rings (SSSR count). The molecule has 3 aromatic carbocycles. The molecule has 0 unspecified atom stereocenters. The fraction of sp³-hybridized carbons (Fsp3) is 0.0541. The molecule has 0 atom stereocenters. The minimum atomic E-state index is -0.144. The molecule has 0 N–H and O–H groups in total. The van der Waals surface area contributed by atoms with Crippen molar-refractivity contribution in [1.29, 1.82) is 0 Å². The Morgan fingerprint density at radius 2 is 1.41 bits per heavy atom. The molecule has 0 aliphatic heterocycles. The molecular formula is C37H26O4. The Kier molecular flexibility index (Phi) is 5.65. The van der Waals surface area contributed by atoms with Crippen molar-refractivity contribution in [2.45, 2.75) is 12.8 Å². The molecule has 6 aromatic rings. The summed E-state index contributed by atoms with van der Waals surface area (Å²) < 4.78 is 18.6. The Hall–Kier alpha value is -5.35. The first-order valence-electron chi connectivity index (χ1n) is 13.4. The second-order valence-electron chi connectivity index (χ2n) is 10.3. The van der Waals surface area contributed by atoms with Gasteiger partial charge in [-0.15, -0.1) is 0 Å². The van der Waals surface area contributed by atoms with Crippen LogP contribution in [0.5, 0.6) is 0 Å². The van der Waals surface area contributed by atoms with E-state index in [9.17, 15) is 4.79 Å². The predicted molar refractivity (Wildman–Crippen MR) is 169 cm³/mol. The minimum Gasteiger partial charge on any atom is -0.456 e. The van der Waals surface area contributed by atoms with Gasteiger partial charge in [-0.05, 0) is 59.5 Å². The molecule has 0 saturated carbocycles. The van der Waals surface area contributed by atoms with E-state index in [2.05, 4.69) is 50.6 Å². The summed E-state index contributed by atoms with van der Waals surface area (Å²) in [6, 6.07) is 19.4. The van der Waals surface area contributed by atoms with E-state index in [1.807, 2.05) is 42.5 Å². The Balaban J connectivity index is 1.19. The van der Waals surface area contributed by atoms with Crippen LogP contribution in [-0.4, -0.2) is 0 Å². The topological polar surface area (TPSA) is 56.5 Å². The molecule has 1 aliphatic carbocycles. The van der Waals surface area contributed by atoms with Gasteiger partial charge in [0, 0.05) is 33.7 Å². The van der Waals surface area contributed by atoms with Gasteiger partial charge in [-0.2, -0.15) is 0 Å². The molecule has 0 spiro atoms. The lowest BCUT2D eigenvalue weighted by atomic mass is 9.91. The van der Waals surface area contributed by atoms with E-state index < -0.39 is 0 Å². The van der Waals surface area contributed by atoms with E-state index in [0.717, 1.165) is 68.2 Å². The third-order valence-corrected chi connectivity index (χ3v) is 7.85. The average Bonchev–Trinajstić information content (AvgIpc) is 3.57. The van der Waals surface area contributed by atoms with Crippen LogP contribution >= 0.6 is 0 Å². The molecule has 0 bridgehead atoms. The van der Waals surface area contributed by atoms with Gasteiger partial charge in [0.1, 0.15) is 22.7 Å². The molecule has 0 radical (unpaired) electrons.